The lowest BCUT2D eigenvalue weighted by Gasteiger charge is -2.29. The summed E-state index contributed by atoms with van der Waals surface area (Å²) >= 11 is 5.58. The Labute approximate surface area is 175 Å². The summed E-state index contributed by atoms with van der Waals surface area (Å²) in [5, 5.41) is 15.6. The van der Waals surface area contributed by atoms with Crippen LogP contribution in [-0.4, -0.2) is 28.4 Å². The SMILES string of the molecule is CCCCC(O)c1ccc(N2C(=S)CCN2COCc2cccc(P)c2)cc1. The van der Waals surface area contributed by atoms with E-state index in [9.17, 15) is 5.11 Å². The first-order valence-corrected chi connectivity index (χ1v) is 10.8. The zero-order chi connectivity index (χ0) is 19.9. The summed E-state index contributed by atoms with van der Waals surface area (Å²) < 4.78 is 5.94. The highest BCUT2D eigenvalue weighted by Crippen LogP contribution is 2.27. The van der Waals surface area contributed by atoms with Gasteiger partial charge in [0.15, 0.2) is 0 Å². The number of aliphatic hydroxyl groups excluding tert-OH is 1. The second-order valence-electron chi connectivity index (χ2n) is 7.16. The van der Waals surface area contributed by atoms with Gasteiger partial charge in [0.2, 0.25) is 0 Å². The van der Waals surface area contributed by atoms with Crippen LogP contribution in [0.3, 0.4) is 0 Å². The molecule has 0 bridgehead atoms. The van der Waals surface area contributed by atoms with Crippen LogP contribution >= 0.6 is 21.5 Å². The van der Waals surface area contributed by atoms with E-state index in [0.717, 1.165) is 59.3 Å². The number of hydrazine groups is 1. The third-order valence-corrected chi connectivity index (χ3v) is 5.65. The van der Waals surface area contributed by atoms with Crippen LogP contribution in [0.5, 0.6) is 0 Å². The molecule has 1 saturated heterocycles. The third kappa shape index (κ3) is 5.59. The molecule has 0 saturated carbocycles. The Kier molecular flexibility index (Phi) is 7.95. The van der Waals surface area contributed by atoms with E-state index in [2.05, 4.69) is 44.4 Å². The molecule has 6 heteroatoms. The van der Waals surface area contributed by atoms with Crippen LogP contribution in [0.2, 0.25) is 0 Å². The largest absolute Gasteiger partial charge is 0.388 e. The van der Waals surface area contributed by atoms with Crippen molar-refractivity contribution in [2.24, 2.45) is 0 Å². The molecule has 2 atom stereocenters. The lowest BCUT2D eigenvalue weighted by molar-refractivity contribution is 0.0277. The summed E-state index contributed by atoms with van der Waals surface area (Å²) in [7, 11) is 2.71. The molecule has 0 aromatic heterocycles. The second-order valence-corrected chi connectivity index (χ2v) is 8.30. The van der Waals surface area contributed by atoms with Crippen molar-refractivity contribution in [2.45, 2.75) is 45.3 Å². The van der Waals surface area contributed by atoms with Crippen LogP contribution in [0.25, 0.3) is 0 Å². The van der Waals surface area contributed by atoms with Crippen molar-refractivity contribution in [3.8, 4) is 0 Å². The lowest BCUT2D eigenvalue weighted by atomic mass is 10.0. The minimum atomic E-state index is -0.397. The number of benzene rings is 2. The van der Waals surface area contributed by atoms with E-state index >= 15 is 0 Å². The topological polar surface area (TPSA) is 35.9 Å². The van der Waals surface area contributed by atoms with Crippen molar-refractivity contribution >= 4 is 37.4 Å². The van der Waals surface area contributed by atoms with Gasteiger partial charge >= 0.3 is 0 Å². The highest BCUT2D eigenvalue weighted by molar-refractivity contribution is 7.80. The van der Waals surface area contributed by atoms with Crippen molar-refractivity contribution in [3.63, 3.8) is 0 Å². The lowest BCUT2D eigenvalue weighted by Crippen LogP contribution is -2.40. The van der Waals surface area contributed by atoms with Gasteiger partial charge in [-0.2, -0.15) is 5.01 Å². The fraction of sp³-hybridized carbons (Fsp3) is 0.409. The highest BCUT2D eigenvalue weighted by Gasteiger charge is 2.27. The Morgan fingerprint density at radius 2 is 2.00 bits per heavy atom. The first kappa shape index (κ1) is 21.4. The molecule has 2 unspecified atom stereocenters. The van der Waals surface area contributed by atoms with Gasteiger partial charge in [-0.15, -0.1) is 9.24 Å². The maximum absolute atomic E-state index is 10.3. The Hall–Kier alpha value is -1.36. The number of rotatable bonds is 9. The molecule has 1 aliphatic rings. The summed E-state index contributed by atoms with van der Waals surface area (Å²) in [5.41, 5.74) is 3.14. The molecule has 1 N–H and O–H groups in total. The van der Waals surface area contributed by atoms with Gasteiger partial charge in [-0.25, -0.2) is 0 Å². The summed E-state index contributed by atoms with van der Waals surface area (Å²) in [6, 6.07) is 16.3. The molecule has 1 heterocycles. The van der Waals surface area contributed by atoms with Gasteiger partial charge in [0.05, 0.1) is 23.4 Å². The van der Waals surface area contributed by atoms with Gasteiger partial charge in [-0.05, 0) is 41.1 Å². The molecule has 150 valence electrons. The average Bonchev–Trinajstić information content (AvgIpc) is 3.06. The minimum Gasteiger partial charge on any atom is -0.388 e. The van der Waals surface area contributed by atoms with Crippen LogP contribution in [0.4, 0.5) is 5.69 Å². The Balaban J connectivity index is 1.60. The van der Waals surface area contributed by atoms with Crippen LogP contribution in [0, 0.1) is 0 Å². The molecule has 2 aromatic rings. The molecule has 3 rings (SSSR count). The zero-order valence-electron chi connectivity index (χ0n) is 16.4. The van der Waals surface area contributed by atoms with Crippen molar-refractivity contribution < 1.29 is 9.84 Å². The highest BCUT2D eigenvalue weighted by atomic mass is 32.1. The molecule has 4 nitrogen and oxygen atoms in total. The molecule has 1 fully saturated rings. The maximum atomic E-state index is 10.3. The number of anilines is 1. The van der Waals surface area contributed by atoms with Gasteiger partial charge in [-0.3, -0.25) is 5.01 Å². The van der Waals surface area contributed by atoms with Crippen LogP contribution in [0.15, 0.2) is 48.5 Å². The van der Waals surface area contributed by atoms with Crippen molar-refractivity contribution in [3.05, 3.63) is 59.7 Å². The maximum Gasteiger partial charge on any atom is 0.117 e. The second kappa shape index (κ2) is 10.4. The van der Waals surface area contributed by atoms with E-state index in [1.54, 1.807) is 0 Å². The summed E-state index contributed by atoms with van der Waals surface area (Å²) in [6.07, 6.45) is 3.37. The van der Waals surface area contributed by atoms with Gasteiger partial charge in [-0.1, -0.05) is 62.3 Å². The number of hydrogen-bond acceptors (Lipinski definition) is 4. The standard InChI is InChI=1S/C22H29N2O2PS/c1-2-3-7-21(25)18-8-10-19(11-9-18)24-22(28)12-13-23(24)16-26-15-17-5-4-6-20(27)14-17/h4-6,8-11,14,21,25H,2-3,7,12-13,15-16,27H2,1H3. The zero-order valence-corrected chi connectivity index (χ0v) is 18.4. The molecular formula is C22H29N2O2PS. The number of unbranched alkanes of at least 4 members (excludes halogenated alkanes) is 1. The fourth-order valence-corrected chi connectivity index (χ4v) is 4.01. The predicted molar refractivity (Wildman–Crippen MR) is 123 cm³/mol. The monoisotopic (exact) mass is 416 g/mol. The first-order chi connectivity index (χ1) is 13.6. The molecule has 28 heavy (non-hydrogen) atoms. The van der Waals surface area contributed by atoms with Gasteiger partial charge in [0.1, 0.15) is 6.73 Å². The van der Waals surface area contributed by atoms with Crippen LogP contribution in [0.1, 0.15) is 49.8 Å². The van der Waals surface area contributed by atoms with Crippen LogP contribution < -0.4 is 10.3 Å². The predicted octanol–water partition coefficient (Wildman–Crippen LogP) is 4.34. The first-order valence-electron chi connectivity index (χ1n) is 9.86. The molecule has 1 aliphatic heterocycles. The van der Waals surface area contributed by atoms with Crippen molar-refractivity contribution in [2.75, 3.05) is 18.3 Å². The van der Waals surface area contributed by atoms with E-state index < -0.39 is 6.10 Å². The third-order valence-electron chi connectivity index (χ3n) is 4.92. The smallest absolute Gasteiger partial charge is 0.117 e. The van der Waals surface area contributed by atoms with Crippen molar-refractivity contribution in [1.29, 1.82) is 0 Å². The van der Waals surface area contributed by atoms with Gasteiger partial charge in [0, 0.05) is 13.0 Å². The summed E-state index contributed by atoms with van der Waals surface area (Å²) in [6.45, 7) is 4.05. The number of ether oxygens (including phenoxy) is 1. The summed E-state index contributed by atoms with van der Waals surface area (Å²) in [4.78, 5) is 0.898. The quantitative estimate of drug-likeness (QED) is 0.486. The molecule has 0 spiro atoms. The molecule has 2 aromatic carbocycles. The van der Waals surface area contributed by atoms with Crippen molar-refractivity contribution in [1.82, 2.24) is 5.01 Å². The number of thiocarbonyl (C=S) groups is 1. The minimum absolute atomic E-state index is 0.397. The molecular weight excluding hydrogens is 387 g/mol. The van der Waals surface area contributed by atoms with Gasteiger partial charge < -0.3 is 9.84 Å². The Morgan fingerprint density at radius 3 is 2.71 bits per heavy atom. The van der Waals surface area contributed by atoms with E-state index in [1.165, 1.54) is 0 Å². The van der Waals surface area contributed by atoms with E-state index in [4.69, 9.17) is 17.0 Å². The van der Waals surface area contributed by atoms with Crippen LogP contribution in [-0.2, 0) is 11.3 Å². The summed E-state index contributed by atoms with van der Waals surface area (Å²) in [5.74, 6) is 0. The number of hydrogen-bond donors (Lipinski definition) is 1. The van der Waals surface area contributed by atoms with E-state index in [-0.39, 0.29) is 0 Å². The van der Waals surface area contributed by atoms with Gasteiger partial charge in [0.25, 0.3) is 0 Å². The van der Waals surface area contributed by atoms with E-state index in [1.807, 2.05) is 30.3 Å². The Morgan fingerprint density at radius 1 is 1.21 bits per heavy atom. The molecule has 0 amide bonds. The average molecular weight is 417 g/mol. The number of aliphatic hydroxyl groups is 1. The van der Waals surface area contributed by atoms with E-state index in [0.29, 0.717) is 13.3 Å². The molecule has 0 aliphatic carbocycles. The number of nitrogens with zero attached hydrogens (tertiary/aromatic N) is 2. The normalized spacial score (nSPS) is 16.0. The fourth-order valence-electron chi connectivity index (χ4n) is 3.37. The Bertz CT molecular complexity index is 784. The molecule has 0 radical (unpaired) electrons.